The zero-order valence-electron chi connectivity index (χ0n) is 13.2. The molecule has 1 aliphatic rings. The lowest BCUT2D eigenvalue weighted by Gasteiger charge is -2.28. The second-order valence-corrected chi connectivity index (χ2v) is 6.00. The number of carbonyl (C=O) groups is 2. The first kappa shape index (κ1) is 18.0. The number of hydrogen-bond acceptors (Lipinski definition) is 4. The van der Waals surface area contributed by atoms with Gasteiger partial charge in [-0.2, -0.15) is 0 Å². The molecule has 0 amide bonds. The molecule has 1 N–H and O–H groups in total. The SMILES string of the molecule is CCCCOC(=O)[C@H](CCOC)CC1(C(=O)O)CCCC1. The Hall–Kier alpha value is -1.10. The highest BCUT2D eigenvalue weighted by Crippen LogP contribution is 2.44. The number of hydrogen-bond donors (Lipinski definition) is 1. The molecule has 1 aliphatic carbocycles. The number of unbranched alkanes of at least 4 members (excludes halogenated alkanes) is 1. The minimum atomic E-state index is -0.774. The first-order valence-corrected chi connectivity index (χ1v) is 7.94. The fourth-order valence-electron chi connectivity index (χ4n) is 3.03. The van der Waals surface area contributed by atoms with E-state index < -0.39 is 11.4 Å². The number of carboxylic acid groups (broad SMARTS) is 1. The topological polar surface area (TPSA) is 72.8 Å². The largest absolute Gasteiger partial charge is 0.481 e. The fraction of sp³-hybridized carbons (Fsp3) is 0.875. The summed E-state index contributed by atoms with van der Waals surface area (Å²) in [5.74, 6) is -1.42. The molecule has 0 bridgehead atoms. The van der Waals surface area contributed by atoms with E-state index in [0.717, 1.165) is 25.7 Å². The second kappa shape index (κ2) is 9.03. The van der Waals surface area contributed by atoms with Crippen molar-refractivity contribution in [1.29, 1.82) is 0 Å². The van der Waals surface area contributed by atoms with E-state index in [0.29, 0.717) is 38.9 Å². The minimum Gasteiger partial charge on any atom is -0.481 e. The first-order chi connectivity index (χ1) is 10.1. The zero-order valence-corrected chi connectivity index (χ0v) is 13.2. The number of ether oxygens (including phenoxy) is 2. The predicted molar refractivity (Wildman–Crippen MR) is 79.0 cm³/mol. The summed E-state index contributed by atoms with van der Waals surface area (Å²) in [6, 6.07) is 0. The molecule has 1 saturated carbocycles. The van der Waals surface area contributed by atoms with Gasteiger partial charge in [0.2, 0.25) is 0 Å². The summed E-state index contributed by atoms with van der Waals surface area (Å²) in [7, 11) is 1.59. The lowest BCUT2D eigenvalue weighted by atomic mass is 9.77. The summed E-state index contributed by atoms with van der Waals surface area (Å²) in [6.45, 7) is 2.90. The first-order valence-electron chi connectivity index (χ1n) is 7.94. The smallest absolute Gasteiger partial charge is 0.309 e. The quantitative estimate of drug-likeness (QED) is 0.496. The summed E-state index contributed by atoms with van der Waals surface area (Å²) in [4.78, 5) is 23.8. The van der Waals surface area contributed by atoms with Gasteiger partial charge in [-0.15, -0.1) is 0 Å². The Morgan fingerprint density at radius 3 is 2.43 bits per heavy atom. The van der Waals surface area contributed by atoms with Gasteiger partial charge in [-0.1, -0.05) is 26.2 Å². The normalized spacial score (nSPS) is 18.4. The van der Waals surface area contributed by atoms with E-state index in [1.165, 1.54) is 0 Å². The molecule has 0 unspecified atom stereocenters. The predicted octanol–water partition coefficient (Wildman–Crippen LogP) is 3.02. The molecule has 5 nitrogen and oxygen atoms in total. The van der Waals surface area contributed by atoms with Crippen molar-refractivity contribution in [1.82, 2.24) is 0 Å². The molecule has 0 aromatic carbocycles. The maximum atomic E-state index is 12.2. The Morgan fingerprint density at radius 1 is 1.24 bits per heavy atom. The molecule has 21 heavy (non-hydrogen) atoms. The van der Waals surface area contributed by atoms with Gasteiger partial charge in [0.25, 0.3) is 0 Å². The van der Waals surface area contributed by atoms with Crippen LogP contribution in [0.4, 0.5) is 0 Å². The fourth-order valence-corrected chi connectivity index (χ4v) is 3.03. The third-order valence-corrected chi connectivity index (χ3v) is 4.40. The van der Waals surface area contributed by atoms with Crippen LogP contribution in [0.1, 0.15) is 58.3 Å². The van der Waals surface area contributed by atoms with Crippen molar-refractivity contribution in [3.8, 4) is 0 Å². The van der Waals surface area contributed by atoms with Crippen LogP contribution in [-0.2, 0) is 19.1 Å². The van der Waals surface area contributed by atoms with Crippen LogP contribution in [0.2, 0.25) is 0 Å². The Labute approximate surface area is 127 Å². The average Bonchev–Trinajstić information content (AvgIpc) is 2.93. The van der Waals surface area contributed by atoms with E-state index >= 15 is 0 Å². The standard InChI is InChI=1S/C16H28O5/c1-3-4-10-21-14(17)13(7-11-20-2)12-16(15(18)19)8-5-6-9-16/h13H,3-12H2,1-2H3,(H,18,19)/t13-/m1/s1. The highest BCUT2D eigenvalue weighted by atomic mass is 16.5. The van der Waals surface area contributed by atoms with Crippen molar-refractivity contribution in [2.75, 3.05) is 20.3 Å². The molecule has 0 saturated heterocycles. The Bertz CT molecular complexity index is 334. The average molecular weight is 300 g/mol. The van der Waals surface area contributed by atoms with Gasteiger partial charge in [-0.05, 0) is 32.1 Å². The van der Waals surface area contributed by atoms with Crippen molar-refractivity contribution >= 4 is 11.9 Å². The third kappa shape index (κ3) is 5.30. The van der Waals surface area contributed by atoms with Gasteiger partial charge in [-0.3, -0.25) is 9.59 Å². The van der Waals surface area contributed by atoms with Gasteiger partial charge in [0.1, 0.15) is 0 Å². The van der Waals surface area contributed by atoms with Crippen molar-refractivity contribution in [2.45, 2.75) is 58.3 Å². The number of carbonyl (C=O) groups excluding carboxylic acids is 1. The molecule has 1 fully saturated rings. The summed E-state index contributed by atoms with van der Waals surface area (Å²) in [6.07, 6.45) is 5.87. The van der Waals surface area contributed by atoms with Gasteiger partial charge in [0, 0.05) is 13.7 Å². The molecule has 0 heterocycles. The highest BCUT2D eigenvalue weighted by Gasteiger charge is 2.44. The van der Waals surface area contributed by atoms with E-state index in [9.17, 15) is 14.7 Å². The van der Waals surface area contributed by atoms with Crippen LogP contribution in [0.3, 0.4) is 0 Å². The van der Waals surface area contributed by atoms with E-state index in [-0.39, 0.29) is 11.9 Å². The van der Waals surface area contributed by atoms with Gasteiger partial charge in [0.15, 0.2) is 0 Å². The van der Waals surface area contributed by atoms with E-state index in [2.05, 4.69) is 0 Å². The lowest BCUT2D eigenvalue weighted by Crippen LogP contribution is -2.34. The van der Waals surface area contributed by atoms with Crippen LogP contribution in [0.15, 0.2) is 0 Å². The van der Waals surface area contributed by atoms with Gasteiger partial charge >= 0.3 is 11.9 Å². The molecule has 0 radical (unpaired) electrons. The highest BCUT2D eigenvalue weighted by molar-refractivity contribution is 5.78. The van der Waals surface area contributed by atoms with Crippen LogP contribution >= 0.6 is 0 Å². The van der Waals surface area contributed by atoms with Crippen molar-refractivity contribution in [3.05, 3.63) is 0 Å². The molecule has 1 atom stereocenters. The molecule has 122 valence electrons. The third-order valence-electron chi connectivity index (χ3n) is 4.40. The van der Waals surface area contributed by atoms with E-state index in [4.69, 9.17) is 9.47 Å². The summed E-state index contributed by atoms with van der Waals surface area (Å²) in [5, 5.41) is 9.55. The van der Waals surface area contributed by atoms with Crippen molar-refractivity contribution in [3.63, 3.8) is 0 Å². The number of aliphatic carboxylic acids is 1. The van der Waals surface area contributed by atoms with Gasteiger partial charge in [-0.25, -0.2) is 0 Å². The molecular formula is C16H28O5. The maximum absolute atomic E-state index is 12.2. The van der Waals surface area contributed by atoms with Crippen LogP contribution in [0.5, 0.6) is 0 Å². The second-order valence-electron chi connectivity index (χ2n) is 6.00. The Morgan fingerprint density at radius 2 is 1.90 bits per heavy atom. The number of methoxy groups -OCH3 is 1. The molecule has 0 aromatic rings. The van der Waals surface area contributed by atoms with E-state index in [1.54, 1.807) is 7.11 Å². The van der Waals surface area contributed by atoms with Crippen LogP contribution in [-0.4, -0.2) is 37.4 Å². The lowest BCUT2D eigenvalue weighted by molar-refractivity contribution is -0.155. The van der Waals surface area contributed by atoms with E-state index in [1.807, 2.05) is 6.92 Å². The van der Waals surface area contributed by atoms with Gasteiger partial charge < -0.3 is 14.6 Å². The Kier molecular flexibility index (Phi) is 7.72. The number of esters is 1. The number of rotatable bonds is 10. The zero-order chi connectivity index (χ0) is 15.7. The summed E-state index contributed by atoms with van der Waals surface area (Å²) >= 11 is 0. The molecule has 0 aromatic heterocycles. The monoisotopic (exact) mass is 300 g/mol. The maximum Gasteiger partial charge on any atom is 0.309 e. The molecule has 5 heteroatoms. The van der Waals surface area contributed by atoms with Crippen LogP contribution < -0.4 is 0 Å². The number of carboxylic acids is 1. The molecule has 0 aliphatic heterocycles. The van der Waals surface area contributed by atoms with Crippen LogP contribution in [0.25, 0.3) is 0 Å². The summed E-state index contributed by atoms with van der Waals surface area (Å²) in [5.41, 5.74) is -0.748. The minimum absolute atomic E-state index is 0.270. The molecule has 1 rings (SSSR count). The Balaban J connectivity index is 2.67. The summed E-state index contributed by atoms with van der Waals surface area (Å²) < 4.78 is 10.3. The van der Waals surface area contributed by atoms with Crippen LogP contribution in [0, 0.1) is 11.3 Å². The van der Waals surface area contributed by atoms with Crippen molar-refractivity contribution < 1.29 is 24.2 Å². The van der Waals surface area contributed by atoms with Gasteiger partial charge in [0.05, 0.1) is 17.9 Å². The molecular weight excluding hydrogens is 272 g/mol. The van der Waals surface area contributed by atoms with Crippen molar-refractivity contribution in [2.24, 2.45) is 11.3 Å². The molecule has 0 spiro atoms.